The van der Waals surface area contributed by atoms with E-state index in [1.807, 2.05) is 85.0 Å². The zero-order valence-electron chi connectivity index (χ0n) is 25.4. The Labute approximate surface area is 247 Å². The van der Waals surface area contributed by atoms with Gasteiger partial charge in [-0.15, -0.1) is 5.10 Å². The number of esters is 1. The van der Waals surface area contributed by atoms with Crippen LogP contribution in [0.15, 0.2) is 66.9 Å². The minimum Gasteiger partial charge on any atom is -0.492 e. The first-order chi connectivity index (χ1) is 19.9. The van der Waals surface area contributed by atoms with Crippen LogP contribution in [0.1, 0.15) is 61.2 Å². The standard InChI is InChI=1S/C34H39N3O5/c1-8-40-30-15-11-23(3)19-28(30)37-21-27(25-12-9-22(2)10-13-25)33(36-37)41-29-16-14-26(20-24(29)4)32(39)35-18-17-31(38)42-34(5,6)7/h9-16,19-21H,8,17-18H2,1-7H3,(H,35,39). The van der Waals surface area contributed by atoms with E-state index >= 15 is 0 Å². The van der Waals surface area contributed by atoms with Gasteiger partial charge in [0.25, 0.3) is 5.91 Å². The number of carbonyl (C=O) groups is 2. The van der Waals surface area contributed by atoms with Gasteiger partial charge in [0.15, 0.2) is 0 Å². The molecule has 0 fully saturated rings. The van der Waals surface area contributed by atoms with Crippen LogP contribution in [-0.4, -0.2) is 40.4 Å². The van der Waals surface area contributed by atoms with Gasteiger partial charge in [-0.2, -0.15) is 0 Å². The van der Waals surface area contributed by atoms with E-state index in [1.165, 1.54) is 0 Å². The third-order valence-corrected chi connectivity index (χ3v) is 6.38. The van der Waals surface area contributed by atoms with E-state index in [2.05, 4.69) is 17.4 Å². The highest BCUT2D eigenvalue weighted by Crippen LogP contribution is 2.36. The molecule has 8 heteroatoms. The molecule has 1 heterocycles. The summed E-state index contributed by atoms with van der Waals surface area (Å²) in [5, 5.41) is 7.61. The lowest BCUT2D eigenvalue weighted by Crippen LogP contribution is -2.29. The molecule has 0 saturated carbocycles. The fourth-order valence-corrected chi connectivity index (χ4v) is 4.35. The number of aryl methyl sites for hydroxylation is 3. The second-order valence-corrected chi connectivity index (χ2v) is 11.2. The van der Waals surface area contributed by atoms with E-state index in [-0.39, 0.29) is 24.8 Å². The van der Waals surface area contributed by atoms with Crippen molar-refractivity contribution in [2.24, 2.45) is 0 Å². The number of benzene rings is 3. The maximum atomic E-state index is 12.7. The lowest BCUT2D eigenvalue weighted by Gasteiger charge is -2.19. The molecule has 42 heavy (non-hydrogen) atoms. The van der Waals surface area contributed by atoms with Crippen LogP contribution in [0.2, 0.25) is 0 Å². The number of nitrogens with one attached hydrogen (secondary N) is 1. The van der Waals surface area contributed by atoms with Gasteiger partial charge >= 0.3 is 5.97 Å². The topological polar surface area (TPSA) is 91.7 Å². The molecule has 0 spiro atoms. The molecule has 3 aromatic carbocycles. The second kappa shape index (κ2) is 12.9. The molecular weight excluding hydrogens is 530 g/mol. The first-order valence-corrected chi connectivity index (χ1v) is 14.1. The molecule has 1 N–H and O–H groups in total. The van der Waals surface area contributed by atoms with Crippen LogP contribution in [0, 0.1) is 20.8 Å². The van der Waals surface area contributed by atoms with E-state index in [0.29, 0.717) is 23.8 Å². The fraction of sp³-hybridized carbons (Fsp3) is 0.324. The highest BCUT2D eigenvalue weighted by Gasteiger charge is 2.19. The van der Waals surface area contributed by atoms with Crippen molar-refractivity contribution in [3.8, 4) is 34.2 Å². The van der Waals surface area contributed by atoms with E-state index in [0.717, 1.165) is 39.3 Å². The summed E-state index contributed by atoms with van der Waals surface area (Å²) >= 11 is 0. The highest BCUT2D eigenvalue weighted by molar-refractivity contribution is 5.94. The molecule has 4 aromatic rings. The quantitative estimate of drug-likeness (QED) is 0.205. The largest absolute Gasteiger partial charge is 0.492 e. The summed E-state index contributed by atoms with van der Waals surface area (Å²) in [5.41, 5.74) is 5.51. The average Bonchev–Trinajstić information content (AvgIpc) is 3.34. The van der Waals surface area contributed by atoms with Crippen LogP contribution in [0.25, 0.3) is 16.8 Å². The van der Waals surface area contributed by atoms with Gasteiger partial charge in [-0.1, -0.05) is 35.9 Å². The molecule has 0 atom stereocenters. The van der Waals surface area contributed by atoms with Crippen LogP contribution in [0.3, 0.4) is 0 Å². The molecule has 220 valence electrons. The Morgan fingerprint density at radius 3 is 2.26 bits per heavy atom. The number of nitrogens with zero attached hydrogens (tertiary/aromatic N) is 2. The van der Waals surface area contributed by atoms with Crippen LogP contribution in [-0.2, 0) is 9.53 Å². The Kier molecular flexibility index (Phi) is 9.35. The Morgan fingerprint density at radius 1 is 0.905 bits per heavy atom. The molecular formula is C34H39N3O5. The van der Waals surface area contributed by atoms with Crippen LogP contribution < -0.4 is 14.8 Å². The van der Waals surface area contributed by atoms with Crippen molar-refractivity contribution >= 4 is 11.9 Å². The van der Waals surface area contributed by atoms with Gasteiger partial charge in [0.2, 0.25) is 5.88 Å². The van der Waals surface area contributed by atoms with Crippen molar-refractivity contribution in [2.75, 3.05) is 13.2 Å². The SMILES string of the molecule is CCOc1ccc(C)cc1-n1cc(-c2ccc(C)cc2)c(Oc2ccc(C(=O)NCCC(=O)OC(C)(C)C)cc2C)n1. The monoisotopic (exact) mass is 569 g/mol. The summed E-state index contributed by atoms with van der Waals surface area (Å²) in [6.07, 6.45) is 2.04. The van der Waals surface area contributed by atoms with Gasteiger partial charge in [-0.25, -0.2) is 4.68 Å². The fourth-order valence-electron chi connectivity index (χ4n) is 4.35. The molecule has 0 unspecified atom stereocenters. The van der Waals surface area contributed by atoms with Gasteiger partial charge in [0.1, 0.15) is 22.8 Å². The summed E-state index contributed by atoms with van der Waals surface area (Å²) in [4.78, 5) is 24.7. The Bertz CT molecular complexity index is 1570. The third kappa shape index (κ3) is 7.78. The van der Waals surface area contributed by atoms with Crippen molar-refractivity contribution in [1.29, 1.82) is 0 Å². The summed E-state index contributed by atoms with van der Waals surface area (Å²) < 4.78 is 19.4. The molecule has 0 radical (unpaired) electrons. The molecule has 1 amide bonds. The number of ether oxygens (including phenoxy) is 3. The van der Waals surface area contributed by atoms with Gasteiger partial charge < -0.3 is 19.5 Å². The summed E-state index contributed by atoms with van der Waals surface area (Å²) in [7, 11) is 0. The third-order valence-electron chi connectivity index (χ3n) is 6.38. The van der Waals surface area contributed by atoms with Crippen molar-refractivity contribution in [2.45, 2.75) is 60.5 Å². The normalized spacial score (nSPS) is 11.2. The minimum absolute atomic E-state index is 0.0968. The predicted octanol–water partition coefficient (Wildman–Crippen LogP) is 7.12. The second-order valence-electron chi connectivity index (χ2n) is 11.2. The average molecular weight is 570 g/mol. The first-order valence-electron chi connectivity index (χ1n) is 14.1. The van der Waals surface area contributed by atoms with Gasteiger partial charge in [0.05, 0.1) is 18.6 Å². The zero-order chi connectivity index (χ0) is 30.4. The molecule has 0 aliphatic carbocycles. The number of rotatable bonds is 10. The van der Waals surface area contributed by atoms with E-state index in [4.69, 9.17) is 19.3 Å². The van der Waals surface area contributed by atoms with E-state index in [9.17, 15) is 9.59 Å². The Morgan fingerprint density at radius 2 is 1.60 bits per heavy atom. The highest BCUT2D eigenvalue weighted by atomic mass is 16.6. The lowest BCUT2D eigenvalue weighted by atomic mass is 10.1. The van der Waals surface area contributed by atoms with Gasteiger partial charge in [-0.3, -0.25) is 9.59 Å². The number of hydrogen-bond donors (Lipinski definition) is 1. The molecule has 0 bridgehead atoms. The number of hydrogen-bond acceptors (Lipinski definition) is 6. The smallest absolute Gasteiger partial charge is 0.308 e. The Balaban J connectivity index is 1.58. The van der Waals surface area contributed by atoms with Crippen LogP contribution in [0.4, 0.5) is 0 Å². The molecule has 1 aromatic heterocycles. The number of amides is 1. The van der Waals surface area contributed by atoms with Crippen LogP contribution in [0.5, 0.6) is 17.4 Å². The zero-order valence-corrected chi connectivity index (χ0v) is 25.4. The molecule has 0 aliphatic rings. The molecule has 0 saturated heterocycles. The maximum Gasteiger partial charge on any atom is 0.308 e. The van der Waals surface area contributed by atoms with Gasteiger partial charge in [0, 0.05) is 18.3 Å². The van der Waals surface area contributed by atoms with Crippen molar-refractivity contribution in [1.82, 2.24) is 15.1 Å². The molecule has 8 nitrogen and oxygen atoms in total. The summed E-state index contributed by atoms with van der Waals surface area (Å²) in [6.45, 7) is 14.1. The summed E-state index contributed by atoms with van der Waals surface area (Å²) in [5.74, 6) is 1.10. The Hall–Kier alpha value is -4.59. The maximum absolute atomic E-state index is 12.7. The predicted molar refractivity (Wildman–Crippen MR) is 164 cm³/mol. The summed E-state index contributed by atoms with van der Waals surface area (Å²) in [6, 6.07) is 19.4. The lowest BCUT2D eigenvalue weighted by molar-refractivity contribution is -0.154. The van der Waals surface area contributed by atoms with Gasteiger partial charge in [-0.05, 0) is 95.5 Å². The van der Waals surface area contributed by atoms with Crippen molar-refractivity contribution < 1.29 is 23.8 Å². The first kappa shape index (κ1) is 30.4. The number of aromatic nitrogens is 2. The van der Waals surface area contributed by atoms with Crippen molar-refractivity contribution in [3.63, 3.8) is 0 Å². The molecule has 0 aliphatic heterocycles. The van der Waals surface area contributed by atoms with Crippen molar-refractivity contribution in [3.05, 3.63) is 89.1 Å². The molecule has 4 rings (SSSR count). The van der Waals surface area contributed by atoms with Crippen LogP contribution >= 0.6 is 0 Å². The number of carbonyl (C=O) groups excluding carboxylic acids is 2. The van der Waals surface area contributed by atoms with E-state index < -0.39 is 5.60 Å². The van der Waals surface area contributed by atoms with E-state index in [1.54, 1.807) is 22.9 Å². The minimum atomic E-state index is -0.561.